The molecule has 2 aliphatic rings. The highest BCUT2D eigenvalue weighted by Crippen LogP contribution is 2.17. The van der Waals surface area contributed by atoms with Gasteiger partial charge in [-0.2, -0.15) is 0 Å². The van der Waals surface area contributed by atoms with Crippen molar-refractivity contribution in [3.63, 3.8) is 0 Å². The van der Waals surface area contributed by atoms with Crippen LogP contribution in [-0.2, 0) is 9.59 Å². The monoisotopic (exact) mass is 184 g/mol. The van der Waals surface area contributed by atoms with E-state index in [9.17, 15) is 14.7 Å². The summed E-state index contributed by atoms with van der Waals surface area (Å²) in [4.78, 5) is 24.0. The maximum Gasteiger partial charge on any atom is 0.244 e. The Labute approximate surface area is 75.7 Å². The lowest BCUT2D eigenvalue weighted by molar-refractivity contribution is -0.126. The zero-order chi connectivity index (χ0) is 9.42. The average Bonchev–Trinajstić information content (AvgIpc) is 2.58. The normalized spacial score (nSPS) is 35.5. The molecular weight excluding hydrogens is 172 g/mol. The number of imide groups is 1. The molecule has 0 radical (unpaired) electrons. The molecule has 1 unspecified atom stereocenters. The maximum atomic E-state index is 11.2. The number of hydrogen-bond acceptors (Lipinski definition) is 4. The molecule has 0 saturated carbocycles. The van der Waals surface area contributed by atoms with Crippen molar-refractivity contribution in [3.05, 3.63) is 0 Å². The molecule has 72 valence electrons. The summed E-state index contributed by atoms with van der Waals surface area (Å²) >= 11 is 0. The third kappa shape index (κ3) is 1.57. The van der Waals surface area contributed by atoms with Crippen LogP contribution >= 0.6 is 0 Å². The molecule has 5 heteroatoms. The van der Waals surface area contributed by atoms with E-state index in [1.807, 2.05) is 4.90 Å². The highest BCUT2D eigenvalue weighted by molar-refractivity contribution is 6.05. The van der Waals surface area contributed by atoms with E-state index in [0.29, 0.717) is 19.5 Å². The van der Waals surface area contributed by atoms with E-state index >= 15 is 0 Å². The Balaban J connectivity index is 2.01. The quantitative estimate of drug-likeness (QED) is 0.485. The van der Waals surface area contributed by atoms with Gasteiger partial charge in [-0.1, -0.05) is 0 Å². The Kier molecular flexibility index (Phi) is 2.05. The second-order valence-electron chi connectivity index (χ2n) is 3.57. The van der Waals surface area contributed by atoms with Gasteiger partial charge >= 0.3 is 0 Å². The Hall–Kier alpha value is -0.940. The second-order valence-corrected chi connectivity index (χ2v) is 3.57. The minimum atomic E-state index is -0.344. The summed E-state index contributed by atoms with van der Waals surface area (Å²) in [6, 6.07) is -0.343. The van der Waals surface area contributed by atoms with Crippen molar-refractivity contribution in [1.29, 1.82) is 0 Å². The van der Waals surface area contributed by atoms with Crippen LogP contribution in [0, 0.1) is 0 Å². The third-order valence-corrected chi connectivity index (χ3v) is 2.58. The van der Waals surface area contributed by atoms with Crippen molar-refractivity contribution in [1.82, 2.24) is 10.2 Å². The van der Waals surface area contributed by atoms with Gasteiger partial charge < -0.3 is 5.11 Å². The molecule has 2 N–H and O–H groups in total. The number of nitrogens with zero attached hydrogens (tertiary/aromatic N) is 1. The summed E-state index contributed by atoms with van der Waals surface area (Å²) < 4.78 is 0. The Morgan fingerprint density at radius 3 is 2.69 bits per heavy atom. The van der Waals surface area contributed by atoms with E-state index in [4.69, 9.17) is 0 Å². The number of hydrogen-bond donors (Lipinski definition) is 2. The number of aliphatic hydroxyl groups excluding tert-OH is 1. The predicted molar refractivity (Wildman–Crippen MR) is 43.8 cm³/mol. The van der Waals surface area contributed by atoms with Crippen LogP contribution in [0.3, 0.4) is 0 Å². The van der Waals surface area contributed by atoms with Crippen LogP contribution in [-0.4, -0.2) is 47.1 Å². The number of amides is 2. The molecule has 5 nitrogen and oxygen atoms in total. The second kappa shape index (κ2) is 3.08. The van der Waals surface area contributed by atoms with E-state index in [2.05, 4.69) is 5.32 Å². The molecule has 2 amide bonds. The fraction of sp³-hybridized carbons (Fsp3) is 0.750. The van der Waals surface area contributed by atoms with Crippen molar-refractivity contribution < 1.29 is 14.7 Å². The average molecular weight is 184 g/mol. The molecule has 2 atom stereocenters. The number of carbonyl (C=O) groups excluding carboxylic acids is 2. The lowest BCUT2D eigenvalue weighted by atomic mass is 10.2. The van der Waals surface area contributed by atoms with Crippen molar-refractivity contribution in [3.8, 4) is 0 Å². The van der Waals surface area contributed by atoms with Crippen LogP contribution in [0.15, 0.2) is 0 Å². The van der Waals surface area contributed by atoms with Crippen LogP contribution in [0.2, 0.25) is 0 Å². The van der Waals surface area contributed by atoms with Crippen molar-refractivity contribution >= 4 is 11.8 Å². The number of β-amino-alcohol motifs (C(OH)–C–C–N with tert-alkyl or cyclic N) is 1. The highest BCUT2D eigenvalue weighted by Gasteiger charge is 2.38. The Bertz CT molecular complexity index is 254. The molecule has 0 aromatic carbocycles. The number of carbonyl (C=O) groups is 2. The van der Waals surface area contributed by atoms with Gasteiger partial charge in [0.05, 0.1) is 18.6 Å². The number of rotatable bonds is 1. The molecule has 13 heavy (non-hydrogen) atoms. The first-order valence-corrected chi connectivity index (χ1v) is 4.42. The Morgan fingerprint density at radius 2 is 2.23 bits per heavy atom. The molecule has 2 heterocycles. The van der Waals surface area contributed by atoms with Gasteiger partial charge in [-0.25, -0.2) is 0 Å². The van der Waals surface area contributed by atoms with E-state index in [0.717, 1.165) is 0 Å². The first-order chi connectivity index (χ1) is 6.16. The van der Waals surface area contributed by atoms with E-state index in [-0.39, 0.29) is 30.4 Å². The first kappa shape index (κ1) is 8.65. The van der Waals surface area contributed by atoms with Crippen LogP contribution in [0.25, 0.3) is 0 Å². The maximum absolute atomic E-state index is 11.2. The van der Waals surface area contributed by atoms with Gasteiger partial charge in [0.1, 0.15) is 0 Å². The summed E-state index contributed by atoms with van der Waals surface area (Å²) in [5.41, 5.74) is 0. The number of aliphatic hydroxyl groups is 1. The number of nitrogens with one attached hydrogen (secondary N) is 1. The molecule has 2 rings (SSSR count). The van der Waals surface area contributed by atoms with E-state index in [1.54, 1.807) is 0 Å². The SMILES string of the molecule is O=C1CC(N2CC[C@H](O)C2)C(=O)N1. The summed E-state index contributed by atoms with van der Waals surface area (Å²) in [5, 5.41) is 11.5. The van der Waals surface area contributed by atoms with Gasteiger partial charge in [-0.05, 0) is 6.42 Å². The molecule has 0 aromatic rings. The van der Waals surface area contributed by atoms with Crippen LogP contribution in [0.5, 0.6) is 0 Å². The Morgan fingerprint density at radius 1 is 1.46 bits per heavy atom. The van der Waals surface area contributed by atoms with Gasteiger partial charge in [0, 0.05) is 13.1 Å². The molecule has 0 aromatic heterocycles. The van der Waals surface area contributed by atoms with Gasteiger partial charge in [0.2, 0.25) is 11.8 Å². The van der Waals surface area contributed by atoms with Gasteiger partial charge in [0.15, 0.2) is 0 Å². The number of likely N-dealkylation sites (tertiary alicyclic amines) is 1. The largest absolute Gasteiger partial charge is 0.392 e. The van der Waals surface area contributed by atoms with Crippen LogP contribution in [0.4, 0.5) is 0 Å². The fourth-order valence-corrected chi connectivity index (χ4v) is 1.89. The summed E-state index contributed by atoms with van der Waals surface area (Å²) in [5.74, 6) is -0.435. The van der Waals surface area contributed by atoms with Crippen molar-refractivity contribution in [2.75, 3.05) is 13.1 Å². The lowest BCUT2D eigenvalue weighted by Gasteiger charge is -2.19. The van der Waals surface area contributed by atoms with Gasteiger partial charge in [-0.15, -0.1) is 0 Å². The zero-order valence-electron chi connectivity index (χ0n) is 7.19. The smallest absolute Gasteiger partial charge is 0.244 e. The molecular formula is C8H12N2O3. The molecule has 0 spiro atoms. The van der Waals surface area contributed by atoms with Crippen LogP contribution in [0.1, 0.15) is 12.8 Å². The standard InChI is InChI=1S/C8H12N2O3/c11-5-1-2-10(4-5)6-3-7(12)9-8(6)13/h5-6,11H,1-4H2,(H,9,12,13)/t5-,6?/m0/s1. The minimum Gasteiger partial charge on any atom is -0.392 e. The first-order valence-electron chi connectivity index (χ1n) is 4.42. The summed E-state index contributed by atoms with van der Waals surface area (Å²) in [6.45, 7) is 1.21. The van der Waals surface area contributed by atoms with Crippen LogP contribution < -0.4 is 5.32 Å². The molecule has 0 bridgehead atoms. The van der Waals surface area contributed by atoms with E-state index in [1.165, 1.54) is 0 Å². The summed E-state index contributed by atoms with van der Waals surface area (Å²) in [7, 11) is 0. The molecule has 0 aliphatic carbocycles. The minimum absolute atomic E-state index is 0.212. The van der Waals surface area contributed by atoms with Gasteiger partial charge in [0.25, 0.3) is 0 Å². The van der Waals surface area contributed by atoms with Gasteiger partial charge in [-0.3, -0.25) is 19.8 Å². The fourth-order valence-electron chi connectivity index (χ4n) is 1.89. The topological polar surface area (TPSA) is 69.6 Å². The van der Waals surface area contributed by atoms with Crippen molar-refractivity contribution in [2.45, 2.75) is 25.0 Å². The predicted octanol–water partition coefficient (Wildman–Crippen LogP) is -1.53. The van der Waals surface area contributed by atoms with Crippen molar-refractivity contribution in [2.24, 2.45) is 0 Å². The lowest BCUT2D eigenvalue weighted by Crippen LogP contribution is -2.39. The zero-order valence-corrected chi connectivity index (χ0v) is 7.19. The summed E-state index contributed by atoms with van der Waals surface area (Å²) in [6.07, 6.45) is 0.590. The molecule has 2 fully saturated rings. The van der Waals surface area contributed by atoms with E-state index < -0.39 is 0 Å². The molecule has 2 saturated heterocycles. The third-order valence-electron chi connectivity index (χ3n) is 2.58. The highest BCUT2D eigenvalue weighted by atomic mass is 16.3. The molecule has 2 aliphatic heterocycles.